The van der Waals surface area contributed by atoms with Gasteiger partial charge in [0, 0.05) is 0 Å². The van der Waals surface area contributed by atoms with Gasteiger partial charge >= 0.3 is 4.71 Å². The van der Waals surface area contributed by atoms with Crippen LogP contribution >= 0.6 is 23.4 Å². The summed E-state index contributed by atoms with van der Waals surface area (Å²) in [6, 6.07) is 1.54. The number of aryl methyl sites for hydroxylation is 2. The number of hydrogen-bond donors (Lipinski definition) is 0. The van der Waals surface area contributed by atoms with Gasteiger partial charge < -0.3 is 4.42 Å². The summed E-state index contributed by atoms with van der Waals surface area (Å²) in [4.78, 5) is 0.382. The van der Waals surface area contributed by atoms with E-state index in [1.165, 1.54) is 6.07 Å². The van der Waals surface area contributed by atoms with Crippen molar-refractivity contribution in [2.45, 2.75) is 23.5 Å². The topological polar surface area (TPSA) is 13.1 Å². The van der Waals surface area contributed by atoms with Crippen molar-refractivity contribution in [2.75, 3.05) is 0 Å². The molecular formula is C7H7ClF2OS. The molecule has 5 heteroatoms. The molecule has 1 nitrogen and oxygen atoms in total. The fourth-order valence-electron chi connectivity index (χ4n) is 0.833. The van der Waals surface area contributed by atoms with Gasteiger partial charge in [-0.15, -0.1) is 0 Å². The molecule has 0 aliphatic rings. The maximum atomic E-state index is 12.3. The van der Waals surface area contributed by atoms with Gasteiger partial charge in [-0.25, -0.2) is 0 Å². The minimum atomic E-state index is -3.26. The summed E-state index contributed by atoms with van der Waals surface area (Å²) in [6.07, 6.45) is 0. The van der Waals surface area contributed by atoms with Gasteiger partial charge in [-0.3, -0.25) is 0 Å². The highest BCUT2D eigenvalue weighted by molar-refractivity contribution is 8.01. The van der Waals surface area contributed by atoms with Crippen LogP contribution in [0.4, 0.5) is 8.78 Å². The number of rotatable bonds is 2. The van der Waals surface area contributed by atoms with Crippen molar-refractivity contribution in [3.63, 3.8) is 0 Å². The molecule has 0 radical (unpaired) electrons. The second-order valence-electron chi connectivity index (χ2n) is 2.33. The van der Waals surface area contributed by atoms with Gasteiger partial charge in [0.1, 0.15) is 11.5 Å². The molecule has 12 heavy (non-hydrogen) atoms. The third-order valence-corrected chi connectivity index (χ3v) is 2.31. The molecule has 1 heterocycles. The van der Waals surface area contributed by atoms with E-state index in [1.54, 1.807) is 13.8 Å². The summed E-state index contributed by atoms with van der Waals surface area (Å²) >= 11 is 5.02. The van der Waals surface area contributed by atoms with Crippen molar-refractivity contribution in [3.8, 4) is 0 Å². The highest BCUT2D eigenvalue weighted by Gasteiger charge is 2.28. The first kappa shape index (κ1) is 9.86. The standard InChI is InChI=1S/C7H7ClF2OS/c1-4-3-6(5(2)11-4)12-7(8,9)10/h3H,1-2H3. The maximum Gasteiger partial charge on any atom is 0.375 e. The smallest absolute Gasteiger partial charge is 0.375 e. The number of thioether (sulfide) groups is 1. The van der Waals surface area contributed by atoms with E-state index in [0.717, 1.165) is 0 Å². The van der Waals surface area contributed by atoms with Crippen molar-refractivity contribution >= 4 is 23.4 Å². The van der Waals surface area contributed by atoms with Gasteiger partial charge in [-0.05, 0) is 43.3 Å². The number of hydrogen-bond acceptors (Lipinski definition) is 2. The van der Waals surface area contributed by atoms with Crippen molar-refractivity contribution in [1.82, 2.24) is 0 Å². The molecule has 1 aromatic rings. The summed E-state index contributed by atoms with van der Waals surface area (Å²) < 4.78 is 26.4. The lowest BCUT2D eigenvalue weighted by Gasteiger charge is -2.04. The molecule has 0 unspecified atom stereocenters. The lowest BCUT2D eigenvalue weighted by Crippen LogP contribution is -1.96. The first-order chi connectivity index (χ1) is 5.38. The van der Waals surface area contributed by atoms with E-state index in [-0.39, 0.29) is 11.8 Å². The van der Waals surface area contributed by atoms with Crippen LogP contribution in [0.5, 0.6) is 0 Å². The highest BCUT2D eigenvalue weighted by atomic mass is 35.5. The monoisotopic (exact) mass is 212 g/mol. The summed E-state index contributed by atoms with van der Waals surface area (Å²) in [5.41, 5.74) is 0. The quantitative estimate of drug-likeness (QED) is 0.547. The summed E-state index contributed by atoms with van der Waals surface area (Å²) in [7, 11) is 0. The lowest BCUT2D eigenvalue weighted by molar-refractivity contribution is 0.203. The average molecular weight is 213 g/mol. The molecule has 0 atom stereocenters. The Morgan fingerprint density at radius 2 is 2.08 bits per heavy atom. The van der Waals surface area contributed by atoms with E-state index in [0.29, 0.717) is 16.4 Å². The van der Waals surface area contributed by atoms with E-state index in [9.17, 15) is 8.78 Å². The molecule has 1 rings (SSSR count). The van der Waals surface area contributed by atoms with Crippen molar-refractivity contribution in [1.29, 1.82) is 0 Å². The van der Waals surface area contributed by atoms with E-state index in [4.69, 9.17) is 16.0 Å². The van der Waals surface area contributed by atoms with Crippen LogP contribution in [0.3, 0.4) is 0 Å². The molecule has 0 aliphatic heterocycles. The normalized spacial score (nSPS) is 12.1. The summed E-state index contributed by atoms with van der Waals surface area (Å²) in [6.45, 7) is 3.32. The number of alkyl halides is 3. The van der Waals surface area contributed by atoms with Crippen LogP contribution in [0, 0.1) is 13.8 Å². The molecule has 0 spiro atoms. The fraction of sp³-hybridized carbons (Fsp3) is 0.429. The predicted molar refractivity (Wildman–Crippen MR) is 44.8 cm³/mol. The second kappa shape index (κ2) is 3.26. The third kappa shape index (κ3) is 2.68. The van der Waals surface area contributed by atoms with Gasteiger partial charge in [-0.2, -0.15) is 8.78 Å². The maximum absolute atomic E-state index is 12.3. The van der Waals surface area contributed by atoms with Gasteiger partial charge in [-0.1, -0.05) is 0 Å². The van der Waals surface area contributed by atoms with Gasteiger partial charge in [0.15, 0.2) is 0 Å². The van der Waals surface area contributed by atoms with E-state index >= 15 is 0 Å². The minimum absolute atomic E-state index is 0.287. The first-order valence-electron chi connectivity index (χ1n) is 3.21. The second-order valence-corrected chi connectivity index (χ2v) is 4.18. The molecular weight excluding hydrogens is 206 g/mol. The van der Waals surface area contributed by atoms with Gasteiger partial charge in [0.2, 0.25) is 0 Å². The Labute approximate surface area is 78.1 Å². The Morgan fingerprint density at radius 1 is 1.50 bits per heavy atom. The molecule has 0 aromatic carbocycles. The average Bonchev–Trinajstić information content (AvgIpc) is 2.06. The lowest BCUT2D eigenvalue weighted by atomic mass is 10.4. The van der Waals surface area contributed by atoms with Crippen LogP contribution in [0.2, 0.25) is 0 Å². The summed E-state index contributed by atoms with van der Waals surface area (Å²) in [5, 5.41) is 0. The van der Waals surface area contributed by atoms with E-state index in [2.05, 4.69) is 0 Å². The Balaban J connectivity index is 2.82. The molecule has 0 N–H and O–H groups in total. The van der Waals surface area contributed by atoms with Crippen LogP contribution in [-0.4, -0.2) is 4.71 Å². The molecule has 1 aromatic heterocycles. The Bertz CT molecular complexity index is 279. The van der Waals surface area contributed by atoms with Crippen molar-refractivity contribution in [3.05, 3.63) is 17.6 Å². The predicted octanol–water partition coefficient (Wildman–Crippen LogP) is 3.78. The zero-order chi connectivity index (χ0) is 9.35. The first-order valence-corrected chi connectivity index (χ1v) is 4.41. The third-order valence-electron chi connectivity index (χ3n) is 1.22. The van der Waals surface area contributed by atoms with Crippen LogP contribution in [0.1, 0.15) is 11.5 Å². The molecule has 0 aliphatic carbocycles. The highest BCUT2D eigenvalue weighted by Crippen LogP contribution is 2.41. The van der Waals surface area contributed by atoms with E-state index < -0.39 is 4.71 Å². The van der Waals surface area contributed by atoms with Gasteiger partial charge in [0.25, 0.3) is 0 Å². The summed E-state index contributed by atoms with van der Waals surface area (Å²) in [5.74, 6) is 1.08. The van der Waals surface area contributed by atoms with Crippen LogP contribution in [-0.2, 0) is 0 Å². The zero-order valence-corrected chi connectivity index (χ0v) is 8.10. The molecule has 0 fully saturated rings. The fourth-order valence-corrected chi connectivity index (χ4v) is 1.74. The number of furan rings is 1. The SMILES string of the molecule is Cc1cc(SC(F)(F)Cl)c(C)o1. The molecule has 0 amide bonds. The number of halogens is 3. The Kier molecular flexibility index (Phi) is 2.68. The van der Waals surface area contributed by atoms with Gasteiger partial charge in [0.05, 0.1) is 4.90 Å². The largest absolute Gasteiger partial charge is 0.465 e. The Morgan fingerprint density at radius 3 is 2.42 bits per heavy atom. The van der Waals surface area contributed by atoms with Crippen molar-refractivity contribution in [2.24, 2.45) is 0 Å². The zero-order valence-electron chi connectivity index (χ0n) is 6.53. The van der Waals surface area contributed by atoms with Crippen LogP contribution in [0.25, 0.3) is 0 Å². The molecule has 0 saturated carbocycles. The van der Waals surface area contributed by atoms with E-state index in [1.807, 2.05) is 0 Å². The van der Waals surface area contributed by atoms with Crippen LogP contribution < -0.4 is 0 Å². The van der Waals surface area contributed by atoms with Crippen LogP contribution in [0.15, 0.2) is 15.4 Å². The molecule has 0 saturated heterocycles. The Hall–Kier alpha value is -0.220. The minimum Gasteiger partial charge on any atom is -0.465 e. The molecule has 0 bridgehead atoms. The van der Waals surface area contributed by atoms with Crippen molar-refractivity contribution < 1.29 is 13.2 Å². The molecule has 68 valence electrons.